The van der Waals surface area contributed by atoms with Gasteiger partial charge in [0, 0.05) is 36.5 Å². The van der Waals surface area contributed by atoms with Crippen molar-refractivity contribution in [1.29, 1.82) is 0 Å². The number of carbonyl (C=O) groups excluding carboxylic acids is 2. The lowest BCUT2D eigenvalue weighted by Gasteiger charge is -2.31. The number of benzene rings is 2. The second-order valence-electron chi connectivity index (χ2n) is 12.2. The van der Waals surface area contributed by atoms with E-state index in [9.17, 15) is 9.59 Å². The Bertz CT molecular complexity index is 1530. The number of carbonyl (C=O) groups is 2. The van der Waals surface area contributed by atoms with E-state index < -0.39 is 0 Å². The first kappa shape index (κ1) is 29.0. The third kappa shape index (κ3) is 7.02. The SMILES string of the molecule is Cc1ccc(-n2nc(C(C)(C)C)cc2NC(=O)Nc2ccc(CC3CCN(C(=O)c4cnc(C)cn4)CC3)cc2)cc1. The summed E-state index contributed by atoms with van der Waals surface area (Å²) in [6.07, 6.45) is 6.01. The van der Waals surface area contributed by atoms with Crippen molar-refractivity contribution in [1.82, 2.24) is 24.6 Å². The number of piperidine rings is 1. The summed E-state index contributed by atoms with van der Waals surface area (Å²) in [4.78, 5) is 36.0. The second kappa shape index (κ2) is 12.1. The van der Waals surface area contributed by atoms with E-state index in [-0.39, 0.29) is 17.4 Å². The molecule has 4 aromatic rings. The van der Waals surface area contributed by atoms with E-state index >= 15 is 0 Å². The van der Waals surface area contributed by atoms with E-state index in [1.165, 1.54) is 5.56 Å². The van der Waals surface area contributed by atoms with Crippen molar-refractivity contribution >= 4 is 23.4 Å². The van der Waals surface area contributed by atoms with Crippen LogP contribution in [0.3, 0.4) is 0 Å². The molecule has 5 rings (SSSR count). The summed E-state index contributed by atoms with van der Waals surface area (Å²) in [6, 6.07) is 17.6. The lowest BCUT2D eigenvalue weighted by molar-refractivity contribution is 0.0684. The van der Waals surface area contributed by atoms with Crippen LogP contribution < -0.4 is 10.6 Å². The first-order chi connectivity index (χ1) is 20.0. The highest BCUT2D eigenvalue weighted by atomic mass is 16.2. The molecule has 9 heteroatoms. The highest BCUT2D eigenvalue weighted by Gasteiger charge is 2.25. The van der Waals surface area contributed by atoms with Gasteiger partial charge in [-0.2, -0.15) is 5.10 Å². The lowest BCUT2D eigenvalue weighted by atomic mass is 9.90. The van der Waals surface area contributed by atoms with Gasteiger partial charge in [0.15, 0.2) is 0 Å². The molecule has 0 saturated carbocycles. The van der Waals surface area contributed by atoms with Crippen molar-refractivity contribution < 1.29 is 9.59 Å². The van der Waals surface area contributed by atoms with Crippen molar-refractivity contribution in [2.75, 3.05) is 23.7 Å². The minimum atomic E-state index is -0.327. The molecule has 0 radical (unpaired) electrons. The molecule has 1 saturated heterocycles. The Labute approximate surface area is 247 Å². The number of likely N-dealkylation sites (tertiary alicyclic amines) is 1. The van der Waals surface area contributed by atoms with Gasteiger partial charge in [0.05, 0.1) is 23.3 Å². The molecule has 1 fully saturated rings. The fourth-order valence-electron chi connectivity index (χ4n) is 5.06. The van der Waals surface area contributed by atoms with Gasteiger partial charge in [0.1, 0.15) is 11.5 Å². The van der Waals surface area contributed by atoms with E-state index in [2.05, 4.69) is 53.5 Å². The van der Waals surface area contributed by atoms with Gasteiger partial charge in [0.25, 0.3) is 5.91 Å². The largest absolute Gasteiger partial charge is 0.337 e. The van der Waals surface area contributed by atoms with Crippen molar-refractivity contribution in [2.45, 2.75) is 59.3 Å². The molecule has 2 aromatic carbocycles. The number of amides is 3. The molecule has 3 heterocycles. The molecule has 0 unspecified atom stereocenters. The number of hydrogen-bond acceptors (Lipinski definition) is 5. The summed E-state index contributed by atoms with van der Waals surface area (Å²) in [7, 11) is 0. The number of aromatic nitrogens is 4. The summed E-state index contributed by atoms with van der Waals surface area (Å²) in [5, 5.41) is 10.7. The molecule has 0 bridgehead atoms. The zero-order valence-electron chi connectivity index (χ0n) is 25.0. The molecule has 0 spiro atoms. The van der Waals surface area contributed by atoms with Crippen LogP contribution in [0.25, 0.3) is 5.69 Å². The van der Waals surface area contributed by atoms with Gasteiger partial charge in [-0.3, -0.25) is 15.1 Å². The van der Waals surface area contributed by atoms with E-state index in [4.69, 9.17) is 5.10 Å². The predicted molar refractivity (Wildman–Crippen MR) is 165 cm³/mol. The smallest absolute Gasteiger partial charge is 0.324 e. The summed E-state index contributed by atoms with van der Waals surface area (Å²) in [5.74, 6) is 1.06. The fraction of sp³-hybridized carbons (Fsp3) is 0.364. The Morgan fingerprint density at radius 1 is 0.905 bits per heavy atom. The topological polar surface area (TPSA) is 105 Å². The molecule has 218 valence electrons. The number of aryl methyl sites for hydroxylation is 2. The maximum absolute atomic E-state index is 13.0. The van der Waals surface area contributed by atoms with Crippen molar-refractivity contribution in [3.05, 3.63) is 95.2 Å². The standard InChI is InChI=1S/C33H39N7O2/c1-22-6-12-27(13-7-22)40-30(19-29(38-40)33(3,4)5)37-32(42)36-26-10-8-24(9-11-26)18-25-14-16-39(17-15-25)31(41)28-21-34-23(2)20-35-28/h6-13,19-21,25H,14-18H2,1-5H3,(H2,36,37,42). The first-order valence-corrected chi connectivity index (χ1v) is 14.5. The molecule has 0 atom stereocenters. The summed E-state index contributed by atoms with van der Waals surface area (Å²) >= 11 is 0. The van der Waals surface area contributed by atoms with E-state index in [0.29, 0.717) is 23.1 Å². The van der Waals surface area contributed by atoms with E-state index in [0.717, 1.165) is 55.0 Å². The third-order valence-corrected chi connectivity index (χ3v) is 7.64. The molecule has 1 aliphatic rings. The maximum atomic E-state index is 13.0. The lowest BCUT2D eigenvalue weighted by Crippen LogP contribution is -2.39. The van der Waals surface area contributed by atoms with Crippen LogP contribution in [0.5, 0.6) is 0 Å². The zero-order valence-corrected chi connectivity index (χ0v) is 25.0. The van der Waals surface area contributed by atoms with Gasteiger partial charge in [-0.15, -0.1) is 0 Å². The normalized spacial score (nSPS) is 14.1. The quantitative estimate of drug-likeness (QED) is 0.285. The number of nitrogens with one attached hydrogen (secondary N) is 2. The zero-order chi connectivity index (χ0) is 29.9. The van der Waals surface area contributed by atoms with E-state index in [1.807, 2.05) is 61.2 Å². The fourth-order valence-corrected chi connectivity index (χ4v) is 5.06. The number of nitrogens with zero attached hydrogens (tertiary/aromatic N) is 5. The number of hydrogen-bond donors (Lipinski definition) is 2. The number of anilines is 2. The summed E-state index contributed by atoms with van der Waals surface area (Å²) in [6.45, 7) is 11.6. The Morgan fingerprint density at radius 3 is 2.21 bits per heavy atom. The van der Waals surface area contributed by atoms with Crippen molar-refractivity contribution in [3.63, 3.8) is 0 Å². The minimum absolute atomic E-state index is 0.0498. The minimum Gasteiger partial charge on any atom is -0.337 e. The van der Waals surface area contributed by atoms with Gasteiger partial charge in [-0.25, -0.2) is 14.5 Å². The average Bonchev–Trinajstić information content (AvgIpc) is 3.39. The predicted octanol–water partition coefficient (Wildman–Crippen LogP) is 6.32. The monoisotopic (exact) mass is 565 g/mol. The molecule has 9 nitrogen and oxygen atoms in total. The Balaban J connectivity index is 1.16. The highest BCUT2D eigenvalue weighted by Crippen LogP contribution is 2.27. The van der Waals surface area contributed by atoms with Crippen molar-refractivity contribution in [3.8, 4) is 5.69 Å². The maximum Gasteiger partial charge on any atom is 0.324 e. The second-order valence-corrected chi connectivity index (χ2v) is 12.2. The van der Waals surface area contributed by atoms with Crippen LogP contribution in [0, 0.1) is 19.8 Å². The Hall–Kier alpha value is -4.53. The molecule has 2 aromatic heterocycles. The van der Waals surface area contributed by atoms with Crippen molar-refractivity contribution in [2.24, 2.45) is 5.92 Å². The molecule has 3 amide bonds. The van der Waals surface area contributed by atoms with Gasteiger partial charge in [-0.05, 0) is 68.9 Å². The molecule has 0 aliphatic carbocycles. The van der Waals surface area contributed by atoms with Gasteiger partial charge < -0.3 is 10.2 Å². The van der Waals surface area contributed by atoms with Gasteiger partial charge in [-0.1, -0.05) is 50.6 Å². The summed E-state index contributed by atoms with van der Waals surface area (Å²) in [5.41, 5.74) is 5.90. The molecule has 1 aliphatic heterocycles. The number of urea groups is 1. The van der Waals surface area contributed by atoms with Crippen LogP contribution in [0.4, 0.5) is 16.3 Å². The van der Waals surface area contributed by atoms with Gasteiger partial charge >= 0.3 is 6.03 Å². The molecule has 42 heavy (non-hydrogen) atoms. The van der Waals surface area contributed by atoms with Crippen LogP contribution >= 0.6 is 0 Å². The Kier molecular flexibility index (Phi) is 8.38. The Morgan fingerprint density at radius 2 is 1.60 bits per heavy atom. The average molecular weight is 566 g/mol. The molecular formula is C33H39N7O2. The van der Waals surface area contributed by atoms with Crippen LogP contribution in [0.2, 0.25) is 0 Å². The highest BCUT2D eigenvalue weighted by molar-refractivity contribution is 5.99. The summed E-state index contributed by atoms with van der Waals surface area (Å²) < 4.78 is 1.77. The van der Waals surface area contributed by atoms with E-state index in [1.54, 1.807) is 17.1 Å². The molecular weight excluding hydrogens is 526 g/mol. The number of rotatable bonds is 6. The van der Waals surface area contributed by atoms with Crippen LogP contribution in [0.1, 0.15) is 66.6 Å². The van der Waals surface area contributed by atoms with Crippen LogP contribution in [-0.4, -0.2) is 49.7 Å². The third-order valence-electron chi connectivity index (χ3n) is 7.64. The molecule has 2 N–H and O–H groups in total. The van der Waals surface area contributed by atoms with Gasteiger partial charge in [0.2, 0.25) is 0 Å². The van der Waals surface area contributed by atoms with Crippen LogP contribution in [0.15, 0.2) is 67.0 Å². The first-order valence-electron chi connectivity index (χ1n) is 14.5. The van der Waals surface area contributed by atoms with Crippen LogP contribution in [-0.2, 0) is 11.8 Å².